The summed E-state index contributed by atoms with van der Waals surface area (Å²) in [6.07, 6.45) is 3.81. The zero-order valence-corrected chi connectivity index (χ0v) is 9.36. The Morgan fingerprint density at radius 2 is 2.21 bits per heavy atom. The number of allylic oxidation sites excluding steroid dienone is 1. The smallest absolute Gasteiger partial charge is 0.287 e. The second-order valence-electron chi connectivity index (χ2n) is 2.60. The van der Waals surface area contributed by atoms with E-state index in [-0.39, 0.29) is 10.9 Å². The topological polar surface area (TPSA) is 81.4 Å². The third-order valence-corrected chi connectivity index (χ3v) is 2.53. The fraction of sp³-hybridized carbons (Fsp3) is 0.571. The highest BCUT2D eigenvalue weighted by atomic mass is 32.2. The maximum absolute atomic E-state index is 11.1. The molecular formula is C7H14N2O3S2. The summed E-state index contributed by atoms with van der Waals surface area (Å²) in [7, 11) is -3.57. The Kier molecular flexibility index (Phi) is 6.43. The van der Waals surface area contributed by atoms with Gasteiger partial charge in [-0.05, 0) is 31.5 Å². The molecule has 0 aromatic carbocycles. The molecule has 0 aromatic rings. The summed E-state index contributed by atoms with van der Waals surface area (Å²) in [5.41, 5.74) is 6.92. The van der Waals surface area contributed by atoms with E-state index in [1.54, 1.807) is 6.08 Å². The lowest BCUT2D eigenvalue weighted by Crippen LogP contribution is -2.32. The Morgan fingerprint density at radius 3 is 2.71 bits per heavy atom. The molecule has 0 spiro atoms. The molecule has 0 aliphatic carbocycles. The van der Waals surface area contributed by atoms with Gasteiger partial charge in [-0.1, -0.05) is 6.08 Å². The van der Waals surface area contributed by atoms with Crippen LogP contribution >= 0.6 is 12.2 Å². The van der Waals surface area contributed by atoms with Crippen molar-refractivity contribution in [2.75, 3.05) is 5.75 Å². The van der Waals surface area contributed by atoms with E-state index in [4.69, 9.17) is 5.73 Å². The fourth-order valence-electron chi connectivity index (χ4n) is 0.714. The third-order valence-electron chi connectivity index (χ3n) is 1.32. The summed E-state index contributed by atoms with van der Waals surface area (Å²) in [6.45, 7) is 3.53. The van der Waals surface area contributed by atoms with Gasteiger partial charge in [-0.3, -0.25) is 0 Å². The van der Waals surface area contributed by atoms with Crippen molar-refractivity contribution in [1.82, 2.24) is 5.48 Å². The van der Waals surface area contributed by atoms with Gasteiger partial charge in [0.25, 0.3) is 10.1 Å². The highest BCUT2D eigenvalue weighted by Gasteiger charge is 2.10. The van der Waals surface area contributed by atoms with E-state index in [0.717, 1.165) is 12.8 Å². The van der Waals surface area contributed by atoms with Gasteiger partial charge in [0.1, 0.15) is 0 Å². The molecule has 0 aromatic heterocycles. The van der Waals surface area contributed by atoms with Crippen LogP contribution < -0.4 is 11.2 Å². The summed E-state index contributed by atoms with van der Waals surface area (Å²) in [5, 5.41) is -0.209. The molecule has 0 saturated heterocycles. The first kappa shape index (κ1) is 13.3. The molecule has 0 unspecified atom stereocenters. The van der Waals surface area contributed by atoms with E-state index in [9.17, 15) is 8.42 Å². The summed E-state index contributed by atoms with van der Waals surface area (Å²) >= 11 is 4.38. The predicted octanol–water partition coefficient (Wildman–Crippen LogP) is 0.437. The Morgan fingerprint density at radius 1 is 1.57 bits per heavy atom. The van der Waals surface area contributed by atoms with E-state index < -0.39 is 10.1 Å². The van der Waals surface area contributed by atoms with Crippen molar-refractivity contribution in [1.29, 1.82) is 0 Å². The van der Waals surface area contributed by atoms with Gasteiger partial charge in [-0.15, -0.1) is 10.9 Å². The first-order valence-corrected chi connectivity index (χ1v) is 6.04. The van der Waals surface area contributed by atoms with Crippen LogP contribution in [-0.2, 0) is 14.4 Å². The van der Waals surface area contributed by atoms with Crippen molar-refractivity contribution < 1.29 is 12.7 Å². The van der Waals surface area contributed by atoms with Gasteiger partial charge < -0.3 is 5.73 Å². The SMILES string of the molecule is C=CCCCCS(=O)(=O)ONC(N)=S. The van der Waals surface area contributed by atoms with Gasteiger partial charge >= 0.3 is 0 Å². The van der Waals surface area contributed by atoms with Crippen LogP contribution in [0.1, 0.15) is 19.3 Å². The summed E-state index contributed by atoms with van der Waals surface area (Å²) < 4.78 is 26.4. The lowest BCUT2D eigenvalue weighted by Gasteiger charge is -2.04. The minimum absolute atomic E-state index is 0.0591. The van der Waals surface area contributed by atoms with Crippen LogP contribution in [0.3, 0.4) is 0 Å². The van der Waals surface area contributed by atoms with Crippen LogP contribution in [0.15, 0.2) is 12.7 Å². The molecule has 0 saturated carbocycles. The van der Waals surface area contributed by atoms with E-state index >= 15 is 0 Å². The van der Waals surface area contributed by atoms with Crippen molar-refractivity contribution in [2.24, 2.45) is 5.73 Å². The van der Waals surface area contributed by atoms with Crippen LogP contribution in [0.5, 0.6) is 0 Å². The quantitative estimate of drug-likeness (QED) is 0.290. The second kappa shape index (κ2) is 6.74. The monoisotopic (exact) mass is 238 g/mol. The van der Waals surface area contributed by atoms with Gasteiger partial charge in [-0.2, -0.15) is 8.42 Å². The van der Waals surface area contributed by atoms with Crippen molar-refractivity contribution in [2.45, 2.75) is 19.3 Å². The highest BCUT2D eigenvalue weighted by molar-refractivity contribution is 7.86. The van der Waals surface area contributed by atoms with Gasteiger partial charge in [0.15, 0.2) is 5.11 Å². The molecule has 0 atom stereocenters. The molecule has 0 heterocycles. The number of nitrogens with two attached hydrogens (primary N) is 1. The molecule has 0 fully saturated rings. The maximum Gasteiger partial charge on any atom is 0.287 e. The minimum atomic E-state index is -3.57. The Labute approximate surface area is 89.4 Å². The lowest BCUT2D eigenvalue weighted by molar-refractivity contribution is 0.268. The molecule has 0 aliphatic rings. The molecule has 0 radical (unpaired) electrons. The van der Waals surface area contributed by atoms with E-state index in [2.05, 4.69) is 23.1 Å². The second-order valence-corrected chi connectivity index (χ2v) is 4.73. The molecule has 0 rings (SSSR count). The Balaban J connectivity index is 3.72. The van der Waals surface area contributed by atoms with Crippen molar-refractivity contribution in [3.8, 4) is 0 Å². The number of hydrogen-bond acceptors (Lipinski definition) is 4. The predicted molar refractivity (Wildman–Crippen MR) is 58.8 cm³/mol. The molecule has 82 valence electrons. The average Bonchev–Trinajstić information content (AvgIpc) is 2.10. The first-order chi connectivity index (χ1) is 6.48. The third kappa shape index (κ3) is 7.96. The first-order valence-electron chi connectivity index (χ1n) is 4.05. The van der Waals surface area contributed by atoms with Crippen molar-refractivity contribution in [3.05, 3.63) is 12.7 Å². The normalized spacial score (nSPS) is 10.9. The number of hydrogen-bond donors (Lipinski definition) is 2. The van der Waals surface area contributed by atoms with Crippen LogP contribution in [0, 0.1) is 0 Å². The van der Waals surface area contributed by atoms with Crippen molar-refractivity contribution >= 4 is 27.4 Å². The summed E-state index contributed by atoms with van der Waals surface area (Å²) in [6, 6.07) is 0. The van der Waals surface area contributed by atoms with Crippen LogP contribution in [-0.4, -0.2) is 19.3 Å². The molecule has 7 heteroatoms. The minimum Gasteiger partial charge on any atom is -0.375 e. The zero-order chi connectivity index (χ0) is 11.0. The molecule has 14 heavy (non-hydrogen) atoms. The number of rotatable bonds is 7. The molecule has 0 amide bonds. The van der Waals surface area contributed by atoms with Crippen LogP contribution in [0.25, 0.3) is 0 Å². The zero-order valence-electron chi connectivity index (χ0n) is 7.73. The molecule has 5 nitrogen and oxygen atoms in total. The molecule has 0 aliphatic heterocycles. The molecule has 3 N–H and O–H groups in total. The fourth-order valence-corrected chi connectivity index (χ4v) is 1.67. The molecular weight excluding hydrogens is 224 g/mol. The van der Waals surface area contributed by atoms with E-state index in [1.165, 1.54) is 0 Å². The largest absolute Gasteiger partial charge is 0.375 e. The molecule has 0 bridgehead atoms. The Hall–Kier alpha value is -0.660. The number of unbranched alkanes of at least 4 members (excludes halogenated alkanes) is 2. The van der Waals surface area contributed by atoms with Gasteiger partial charge in [-0.25, -0.2) is 5.48 Å². The van der Waals surface area contributed by atoms with Crippen LogP contribution in [0.2, 0.25) is 0 Å². The van der Waals surface area contributed by atoms with Gasteiger partial charge in [0, 0.05) is 0 Å². The van der Waals surface area contributed by atoms with Crippen molar-refractivity contribution in [3.63, 3.8) is 0 Å². The number of hydroxylamine groups is 1. The van der Waals surface area contributed by atoms with Gasteiger partial charge in [0.05, 0.1) is 5.75 Å². The van der Waals surface area contributed by atoms with E-state index in [1.807, 2.05) is 5.48 Å². The van der Waals surface area contributed by atoms with Crippen LogP contribution in [0.4, 0.5) is 0 Å². The van der Waals surface area contributed by atoms with E-state index in [0.29, 0.717) is 6.42 Å². The lowest BCUT2D eigenvalue weighted by atomic mass is 10.2. The maximum atomic E-state index is 11.1. The summed E-state index contributed by atoms with van der Waals surface area (Å²) in [4.78, 5) is 0. The number of nitrogens with one attached hydrogen (secondary N) is 1. The standard InChI is InChI=1S/C7H14N2O3S2/c1-2-3-4-5-6-14(10,11)12-9-7(8)13/h2H,1,3-6H2,(H3,8,9,13). The Bertz CT molecular complexity index is 287. The number of thiocarbonyl (C=S) groups is 1. The summed E-state index contributed by atoms with van der Waals surface area (Å²) in [5.74, 6) is -0.0591. The van der Waals surface area contributed by atoms with Gasteiger partial charge in [0.2, 0.25) is 0 Å². The highest BCUT2D eigenvalue weighted by Crippen LogP contribution is 2.00. The average molecular weight is 238 g/mol.